The fraction of sp³-hybridized carbons (Fsp3) is 0.431. The van der Waals surface area contributed by atoms with Crippen LogP contribution in [-0.4, -0.2) is 146 Å². The minimum absolute atomic E-state index is 0.0175. The summed E-state index contributed by atoms with van der Waals surface area (Å²) in [5.41, 5.74) is 14.3. The summed E-state index contributed by atoms with van der Waals surface area (Å²) in [6.07, 6.45) is 0.619. The number of para-hydroxylation sites is 1. The van der Waals surface area contributed by atoms with Crippen LogP contribution in [0.2, 0.25) is 0 Å². The van der Waals surface area contributed by atoms with Crippen molar-refractivity contribution in [3.63, 3.8) is 0 Å². The summed E-state index contributed by atoms with van der Waals surface area (Å²) in [4.78, 5) is 125. The molecule has 2 heterocycles. The Morgan fingerprint density at radius 2 is 1.25 bits per heavy atom. The first-order valence-electron chi connectivity index (χ1n) is 24.2. The number of rotatable bonds is 27. The number of unbranched alkanes of at least 4 members (excludes halogenated alkanes) is 1. The average molecular weight is 1010 g/mol. The number of aliphatic carboxylic acids is 2. The van der Waals surface area contributed by atoms with E-state index in [1.807, 2.05) is 18.2 Å². The first-order chi connectivity index (χ1) is 34.9. The molecule has 22 heteroatoms. The van der Waals surface area contributed by atoms with Crippen LogP contribution in [0.3, 0.4) is 0 Å². The highest BCUT2D eigenvalue weighted by atomic mass is 16.4. The average Bonchev–Trinajstić information content (AvgIpc) is 4.02. The van der Waals surface area contributed by atoms with Crippen LogP contribution in [0.4, 0.5) is 0 Å². The Labute approximate surface area is 421 Å². The molecule has 1 aromatic heterocycles. The van der Waals surface area contributed by atoms with E-state index >= 15 is 0 Å². The Morgan fingerprint density at radius 1 is 0.671 bits per heavy atom. The van der Waals surface area contributed by atoms with Gasteiger partial charge >= 0.3 is 11.9 Å². The number of likely N-dealkylation sites (tertiary alicyclic amines) is 1. The van der Waals surface area contributed by atoms with Crippen molar-refractivity contribution >= 4 is 64.2 Å². The van der Waals surface area contributed by atoms with Crippen molar-refractivity contribution in [2.75, 3.05) is 13.1 Å². The fourth-order valence-electron chi connectivity index (χ4n) is 8.52. The van der Waals surface area contributed by atoms with Gasteiger partial charge in [-0.05, 0) is 75.3 Å². The molecule has 14 N–H and O–H groups in total. The summed E-state index contributed by atoms with van der Waals surface area (Å²) in [6.45, 7) is 2.95. The number of benzene rings is 3. The summed E-state index contributed by atoms with van der Waals surface area (Å²) in [6, 6.07) is 13.6. The molecule has 0 aliphatic carbocycles. The molecule has 0 spiro atoms. The molecule has 3 aromatic carbocycles. The molecule has 0 bridgehead atoms. The topological polar surface area (TPSA) is 358 Å². The van der Waals surface area contributed by atoms with Gasteiger partial charge in [0, 0.05) is 42.9 Å². The quantitative estimate of drug-likeness (QED) is 0.0336. The smallest absolute Gasteiger partial charge is 0.326 e. The number of carbonyl (C=O) groups is 9. The Morgan fingerprint density at radius 3 is 1.86 bits per heavy atom. The largest absolute Gasteiger partial charge is 0.481 e. The number of fused-ring (bicyclic) bond motifs is 1. The second-order valence-electron chi connectivity index (χ2n) is 18.2. The Kier molecular flexibility index (Phi) is 21.0. The summed E-state index contributed by atoms with van der Waals surface area (Å²) >= 11 is 0. The molecule has 1 saturated heterocycles. The Bertz CT molecular complexity index is 2560. The van der Waals surface area contributed by atoms with Crippen LogP contribution in [0.5, 0.6) is 0 Å². The molecular weight excluding hydrogens is 945 g/mol. The van der Waals surface area contributed by atoms with E-state index in [1.165, 1.54) is 18.7 Å². The van der Waals surface area contributed by atoms with E-state index in [1.54, 1.807) is 72.9 Å². The number of hydrogen-bond acceptors (Lipinski definition) is 12. The number of nitrogens with one attached hydrogen (secondary N) is 7. The normalized spacial score (nSPS) is 16.6. The van der Waals surface area contributed by atoms with Gasteiger partial charge in [0.05, 0.1) is 18.6 Å². The van der Waals surface area contributed by atoms with Crippen molar-refractivity contribution in [1.29, 1.82) is 0 Å². The SMILES string of the molecule is C[C@H](NC(=O)[C@H](CCCCN)NC(=O)[C@H](Cc1ccccc1)NC(=O)[C@@H](NC(=O)[C@@H]1CCCN1C(=O)[C@H](Cc1c[nH]c2ccccc12)NC(=O)[C@@H](N)CC(=O)O)[C@@H](C)O)C(=O)N[C@@H](Cc1ccccc1)C(=O)O. The third-order valence-electron chi connectivity index (χ3n) is 12.5. The van der Waals surface area contributed by atoms with E-state index in [-0.39, 0.29) is 45.2 Å². The van der Waals surface area contributed by atoms with Crippen LogP contribution in [0.1, 0.15) is 69.1 Å². The molecule has 1 aliphatic heterocycles. The predicted molar refractivity (Wildman–Crippen MR) is 267 cm³/mol. The first kappa shape index (κ1) is 56.2. The van der Waals surface area contributed by atoms with E-state index in [0.717, 1.165) is 10.9 Å². The molecule has 0 unspecified atom stereocenters. The molecule has 5 rings (SSSR count). The summed E-state index contributed by atoms with van der Waals surface area (Å²) in [7, 11) is 0. The number of carboxylic acids is 2. The predicted octanol–water partition coefficient (Wildman–Crippen LogP) is -0.488. The minimum Gasteiger partial charge on any atom is -0.481 e. The third kappa shape index (κ3) is 16.4. The molecule has 1 aliphatic rings. The highest BCUT2D eigenvalue weighted by molar-refractivity contribution is 5.98. The number of aromatic amines is 1. The molecule has 1 fully saturated rings. The molecule has 4 aromatic rings. The number of aliphatic hydroxyl groups is 1. The number of H-pyrrole nitrogens is 1. The highest BCUT2D eigenvalue weighted by Crippen LogP contribution is 2.23. The number of aromatic nitrogens is 1. The van der Waals surface area contributed by atoms with Crippen molar-refractivity contribution in [2.24, 2.45) is 11.5 Å². The van der Waals surface area contributed by atoms with E-state index in [4.69, 9.17) is 11.5 Å². The zero-order chi connectivity index (χ0) is 53.2. The van der Waals surface area contributed by atoms with E-state index in [0.29, 0.717) is 36.0 Å². The number of aliphatic hydroxyl groups excluding tert-OH is 1. The molecule has 392 valence electrons. The second-order valence-corrected chi connectivity index (χ2v) is 18.2. The number of nitrogens with two attached hydrogens (primary N) is 2. The first-order valence-corrected chi connectivity index (χ1v) is 24.2. The minimum atomic E-state index is -1.67. The van der Waals surface area contributed by atoms with Gasteiger partial charge in [-0.25, -0.2) is 4.79 Å². The van der Waals surface area contributed by atoms with E-state index in [2.05, 4.69) is 36.9 Å². The highest BCUT2D eigenvalue weighted by Gasteiger charge is 2.41. The number of carbonyl (C=O) groups excluding carboxylic acids is 7. The standard InChI is InChI=1S/C51H66N10O12/c1-29(44(65)59-40(51(72)73)25-32-16-7-4-8-17-32)55-46(67)37(20-11-12-22-52)56-47(68)38(24-31-14-5-3-6-15-31)57-49(70)43(30(2)62)60-48(69)41-21-13-23-61(41)50(71)39(58-45(66)35(53)27-42(63)64)26-33-28-54-36-19-10-9-18-34(33)36/h3-10,14-19,28-30,35,37-41,43,54,62H,11-13,20-27,52-53H2,1-2H3,(H,55,67)(H,56,68)(H,57,70)(H,58,66)(H,59,65)(H,60,69)(H,63,64)(H,72,73)/t29-,30+,35-,37-,38-,39-,40-,41-,43-/m0/s1. The van der Waals surface area contributed by atoms with Gasteiger partial charge in [0.15, 0.2) is 0 Å². The molecule has 73 heavy (non-hydrogen) atoms. The van der Waals surface area contributed by atoms with Crippen molar-refractivity contribution < 1.29 is 58.5 Å². The number of hydrogen-bond donors (Lipinski definition) is 12. The summed E-state index contributed by atoms with van der Waals surface area (Å²) in [5, 5.41) is 46.2. The molecule has 0 radical (unpaired) electrons. The zero-order valence-corrected chi connectivity index (χ0v) is 40.8. The summed E-state index contributed by atoms with van der Waals surface area (Å²) < 4.78 is 0. The van der Waals surface area contributed by atoms with Crippen LogP contribution < -0.4 is 43.4 Å². The van der Waals surface area contributed by atoms with Crippen LogP contribution in [-0.2, 0) is 62.4 Å². The maximum absolute atomic E-state index is 14.4. The van der Waals surface area contributed by atoms with Crippen LogP contribution in [0.15, 0.2) is 91.1 Å². The molecule has 22 nitrogen and oxygen atoms in total. The molecule has 7 amide bonds. The lowest BCUT2D eigenvalue weighted by Gasteiger charge is -2.31. The third-order valence-corrected chi connectivity index (χ3v) is 12.5. The lowest BCUT2D eigenvalue weighted by molar-refractivity contribution is -0.143. The maximum Gasteiger partial charge on any atom is 0.326 e. The van der Waals surface area contributed by atoms with Crippen molar-refractivity contribution in [2.45, 2.75) is 126 Å². The van der Waals surface area contributed by atoms with Crippen molar-refractivity contribution in [1.82, 2.24) is 41.8 Å². The monoisotopic (exact) mass is 1010 g/mol. The van der Waals surface area contributed by atoms with Gasteiger partial charge in [-0.3, -0.25) is 38.4 Å². The van der Waals surface area contributed by atoms with Gasteiger partial charge in [0.25, 0.3) is 0 Å². The van der Waals surface area contributed by atoms with Gasteiger partial charge in [0.1, 0.15) is 42.3 Å². The van der Waals surface area contributed by atoms with Crippen LogP contribution in [0, 0.1) is 0 Å². The van der Waals surface area contributed by atoms with Gasteiger partial charge in [-0.1, -0.05) is 78.9 Å². The Hall–Kier alpha value is -7.69. The van der Waals surface area contributed by atoms with Gasteiger partial charge in [-0.2, -0.15) is 0 Å². The maximum atomic E-state index is 14.4. The van der Waals surface area contributed by atoms with Gasteiger partial charge in [0.2, 0.25) is 41.4 Å². The number of carboxylic acid groups (broad SMARTS) is 2. The number of nitrogens with zero attached hydrogens (tertiary/aromatic N) is 1. The molecule has 0 saturated carbocycles. The van der Waals surface area contributed by atoms with E-state index < -0.39 is 114 Å². The lowest BCUT2D eigenvalue weighted by atomic mass is 10.0. The lowest BCUT2D eigenvalue weighted by Crippen LogP contribution is -2.62. The number of amides is 7. The van der Waals surface area contributed by atoms with Crippen molar-refractivity contribution in [3.05, 3.63) is 108 Å². The summed E-state index contributed by atoms with van der Waals surface area (Å²) in [5.74, 6) is -8.37. The second kappa shape index (κ2) is 27.2. The molecule has 9 atom stereocenters. The molecular formula is C51H66N10O12. The Balaban J connectivity index is 1.31. The van der Waals surface area contributed by atoms with E-state index in [9.17, 15) is 58.5 Å². The fourth-order valence-corrected chi connectivity index (χ4v) is 8.52. The van der Waals surface area contributed by atoms with Crippen LogP contribution >= 0.6 is 0 Å². The van der Waals surface area contributed by atoms with Gasteiger partial charge < -0.3 is 68.6 Å². The van der Waals surface area contributed by atoms with Gasteiger partial charge in [-0.15, -0.1) is 0 Å². The van der Waals surface area contributed by atoms with Crippen molar-refractivity contribution in [3.8, 4) is 0 Å². The zero-order valence-electron chi connectivity index (χ0n) is 40.8. The van der Waals surface area contributed by atoms with Crippen LogP contribution in [0.25, 0.3) is 10.9 Å².